The average Bonchev–Trinajstić information content (AvgIpc) is 2.53. The number of nitrogens with one attached hydrogen (secondary N) is 2. The molecule has 0 radical (unpaired) electrons. The molecule has 0 spiro atoms. The summed E-state index contributed by atoms with van der Waals surface area (Å²) >= 11 is 0. The molecule has 1 fully saturated rings. The van der Waals surface area contributed by atoms with Crippen LogP contribution in [0.2, 0.25) is 0 Å². The molecule has 0 saturated carbocycles. The number of benzene rings is 1. The lowest BCUT2D eigenvalue weighted by Gasteiger charge is -2.33. The fourth-order valence-corrected chi connectivity index (χ4v) is 2.98. The number of hydrogen-bond acceptors (Lipinski definition) is 5. The Morgan fingerprint density at radius 3 is 2.44 bits per heavy atom. The van der Waals surface area contributed by atoms with Gasteiger partial charge in [0.05, 0.1) is 4.92 Å². The summed E-state index contributed by atoms with van der Waals surface area (Å²) < 4.78 is 0. The van der Waals surface area contributed by atoms with Crippen molar-refractivity contribution in [1.82, 2.24) is 10.6 Å². The number of anilines is 1. The Kier molecular flexibility index (Phi) is 5.95. The first kappa shape index (κ1) is 18.7. The third kappa shape index (κ3) is 4.91. The van der Waals surface area contributed by atoms with Gasteiger partial charge in [0, 0.05) is 43.7 Å². The fourth-order valence-electron chi connectivity index (χ4n) is 2.98. The van der Waals surface area contributed by atoms with Crippen LogP contribution in [0.3, 0.4) is 0 Å². The topological polar surface area (TPSA) is 105 Å². The van der Waals surface area contributed by atoms with E-state index in [0.717, 1.165) is 12.8 Å². The predicted octanol–water partition coefficient (Wildman–Crippen LogP) is 1.84. The summed E-state index contributed by atoms with van der Waals surface area (Å²) in [5, 5.41) is 17.1. The van der Waals surface area contributed by atoms with Crippen LogP contribution >= 0.6 is 0 Å². The number of carbonyl (C=O) groups is 2. The molecule has 0 unspecified atom stereocenters. The molecule has 1 aliphatic rings. The zero-order chi connectivity index (χ0) is 18.6. The number of hydrogen-bond donors (Lipinski definition) is 2. The van der Waals surface area contributed by atoms with Crippen LogP contribution in [-0.2, 0) is 4.79 Å². The Hall–Kier alpha value is -2.64. The number of amides is 2. The van der Waals surface area contributed by atoms with Crippen molar-refractivity contribution in [3.05, 3.63) is 33.9 Å². The summed E-state index contributed by atoms with van der Waals surface area (Å²) in [4.78, 5) is 36.1. The minimum Gasteiger partial charge on any atom is -0.366 e. The number of nitro benzene ring substituents is 1. The van der Waals surface area contributed by atoms with Crippen molar-refractivity contribution in [2.24, 2.45) is 0 Å². The van der Waals surface area contributed by atoms with Crippen molar-refractivity contribution >= 4 is 23.2 Å². The summed E-state index contributed by atoms with van der Waals surface area (Å²) in [7, 11) is 0. The van der Waals surface area contributed by atoms with Crippen LogP contribution in [0.4, 0.5) is 11.4 Å². The lowest BCUT2D eigenvalue weighted by atomic mass is 10.0. The molecule has 1 aliphatic heterocycles. The molecule has 0 aromatic heterocycles. The Labute approximate surface area is 146 Å². The quantitative estimate of drug-likeness (QED) is 0.624. The highest BCUT2D eigenvalue weighted by Crippen LogP contribution is 2.31. The maximum Gasteiger partial charge on any atom is 0.293 e. The highest BCUT2D eigenvalue weighted by Gasteiger charge is 2.26. The lowest BCUT2D eigenvalue weighted by Crippen LogP contribution is -2.44. The summed E-state index contributed by atoms with van der Waals surface area (Å²) in [6, 6.07) is 4.63. The minimum absolute atomic E-state index is 0.0426. The number of rotatable bonds is 5. The van der Waals surface area contributed by atoms with Crippen molar-refractivity contribution in [2.45, 2.75) is 45.7 Å². The van der Waals surface area contributed by atoms with Gasteiger partial charge < -0.3 is 15.5 Å². The van der Waals surface area contributed by atoms with Crippen LogP contribution in [0.1, 0.15) is 44.0 Å². The van der Waals surface area contributed by atoms with Crippen LogP contribution < -0.4 is 15.5 Å². The molecule has 25 heavy (non-hydrogen) atoms. The summed E-state index contributed by atoms with van der Waals surface area (Å²) in [5.41, 5.74) is 0.707. The standard InChI is InChI=1S/C17H24N4O4/c1-11(2)18-17(23)13-4-5-15(16(10-13)21(24)25)20-8-6-14(7-9-20)19-12(3)22/h4-5,10-11,14H,6-9H2,1-3H3,(H,18,23)(H,19,22). The van der Waals surface area contributed by atoms with Gasteiger partial charge in [-0.3, -0.25) is 19.7 Å². The van der Waals surface area contributed by atoms with Gasteiger partial charge in [-0.1, -0.05) is 0 Å². The zero-order valence-electron chi connectivity index (χ0n) is 14.7. The molecule has 2 N–H and O–H groups in total. The molecule has 1 saturated heterocycles. The van der Waals surface area contributed by atoms with Crippen LogP contribution in [0.25, 0.3) is 0 Å². The predicted molar refractivity (Wildman–Crippen MR) is 94.8 cm³/mol. The molecule has 1 heterocycles. The molecule has 1 aromatic rings. The van der Waals surface area contributed by atoms with Gasteiger partial charge in [-0.05, 0) is 38.8 Å². The van der Waals surface area contributed by atoms with Crippen molar-refractivity contribution in [3.8, 4) is 0 Å². The Morgan fingerprint density at radius 1 is 1.28 bits per heavy atom. The number of nitrogens with zero attached hydrogens (tertiary/aromatic N) is 2. The summed E-state index contributed by atoms with van der Waals surface area (Å²) in [5.74, 6) is -0.390. The van der Waals surface area contributed by atoms with E-state index in [1.165, 1.54) is 13.0 Å². The molecule has 136 valence electrons. The van der Waals surface area contributed by atoms with E-state index in [4.69, 9.17) is 0 Å². The molecule has 0 atom stereocenters. The van der Waals surface area contributed by atoms with Gasteiger partial charge in [-0.15, -0.1) is 0 Å². The van der Waals surface area contributed by atoms with Gasteiger partial charge in [-0.25, -0.2) is 0 Å². The molecule has 8 nitrogen and oxygen atoms in total. The SMILES string of the molecule is CC(=O)NC1CCN(c2ccc(C(=O)NC(C)C)cc2[N+](=O)[O-])CC1. The smallest absolute Gasteiger partial charge is 0.293 e. The maximum absolute atomic E-state index is 12.1. The third-order valence-corrected chi connectivity index (χ3v) is 4.10. The molecule has 8 heteroatoms. The van der Waals surface area contributed by atoms with Crippen molar-refractivity contribution in [3.63, 3.8) is 0 Å². The second-order valence-corrected chi connectivity index (χ2v) is 6.55. The molecule has 1 aromatic carbocycles. The number of carbonyl (C=O) groups excluding carboxylic acids is 2. The van der Waals surface area contributed by atoms with Gasteiger partial charge in [0.1, 0.15) is 5.69 Å². The molecule has 0 aliphatic carbocycles. The van der Waals surface area contributed by atoms with Crippen LogP contribution in [0, 0.1) is 10.1 Å². The Bertz CT molecular complexity index is 667. The van der Waals surface area contributed by atoms with Crippen molar-refractivity contribution in [1.29, 1.82) is 0 Å². The molecule has 2 amide bonds. The normalized spacial score (nSPS) is 15.1. The highest BCUT2D eigenvalue weighted by atomic mass is 16.6. The first-order chi connectivity index (χ1) is 11.8. The van der Waals surface area contributed by atoms with Gasteiger partial charge >= 0.3 is 0 Å². The van der Waals surface area contributed by atoms with Crippen LogP contribution in [-0.4, -0.2) is 41.9 Å². The summed E-state index contributed by atoms with van der Waals surface area (Å²) in [6.07, 6.45) is 1.46. The van der Waals surface area contributed by atoms with E-state index >= 15 is 0 Å². The average molecular weight is 348 g/mol. The van der Waals surface area contributed by atoms with Gasteiger partial charge in [0.15, 0.2) is 0 Å². The van der Waals surface area contributed by atoms with Crippen molar-refractivity contribution < 1.29 is 14.5 Å². The first-order valence-corrected chi connectivity index (χ1v) is 8.39. The molecular weight excluding hydrogens is 324 g/mol. The molecular formula is C17H24N4O4. The largest absolute Gasteiger partial charge is 0.366 e. The Balaban J connectivity index is 2.17. The number of nitro groups is 1. The second-order valence-electron chi connectivity index (χ2n) is 6.55. The van der Waals surface area contributed by atoms with Crippen molar-refractivity contribution in [2.75, 3.05) is 18.0 Å². The summed E-state index contributed by atoms with van der Waals surface area (Å²) in [6.45, 7) is 6.38. The van der Waals surface area contributed by atoms with Gasteiger partial charge in [0.2, 0.25) is 5.91 Å². The fraction of sp³-hybridized carbons (Fsp3) is 0.529. The van der Waals surface area contributed by atoms with E-state index in [1.54, 1.807) is 12.1 Å². The van der Waals surface area contributed by atoms with Crippen LogP contribution in [0.5, 0.6) is 0 Å². The second kappa shape index (κ2) is 7.96. The van der Waals surface area contributed by atoms with E-state index in [0.29, 0.717) is 18.8 Å². The van der Waals surface area contributed by atoms with Gasteiger partial charge in [0.25, 0.3) is 11.6 Å². The first-order valence-electron chi connectivity index (χ1n) is 8.39. The lowest BCUT2D eigenvalue weighted by molar-refractivity contribution is -0.384. The van der Waals surface area contributed by atoms with Gasteiger partial charge in [-0.2, -0.15) is 0 Å². The van der Waals surface area contributed by atoms with E-state index in [9.17, 15) is 19.7 Å². The van der Waals surface area contributed by atoms with E-state index in [2.05, 4.69) is 10.6 Å². The highest BCUT2D eigenvalue weighted by molar-refractivity contribution is 5.96. The minimum atomic E-state index is -0.457. The van der Waals surface area contributed by atoms with E-state index < -0.39 is 4.92 Å². The van der Waals surface area contributed by atoms with E-state index in [-0.39, 0.29) is 35.1 Å². The molecule has 2 rings (SSSR count). The van der Waals surface area contributed by atoms with E-state index in [1.807, 2.05) is 18.7 Å². The Morgan fingerprint density at radius 2 is 1.92 bits per heavy atom. The maximum atomic E-state index is 12.1. The zero-order valence-corrected chi connectivity index (χ0v) is 14.7. The third-order valence-electron chi connectivity index (χ3n) is 4.10. The van der Waals surface area contributed by atoms with Crippen LogP contribution in [0.15, 0.2) is 18.2 Å². The number of piperidine rings is 1. The molecule has 0 bridgehead atoms. The monoisotopic (exact) mass is 348 g/mol.